The molecule has 1 aliphatic heterocycles. The molecular formula is C20H25ClN4O2S. The van der Waals surface area contributed by atoms with Crippen molar-refractivity contribution in [2.75, 3.05) is 31.1 Å². The molecule has 6 nitrogen and oxygen atoms in total. The van der Waals surface area contributed by atoms with E-state index in [9.17, 15) is 8.42 Å². The fraction of sp³-hybridized carbons (Fsp3) is 0.500. The van der Waals surface area contributed by atoms with Crippen LogP contribution in [0.25, 0.3) is 0 Å². The van der Waals surface area contributed by atoms with Gasteiger partial charge in [0.05, 0.1) is 4.90 Å². The summed E-state index contributed by atoms with van der Waals surface area (Å²) in [5.41, 5.74) is 0. The van der Waals surface area contributed by atoms with Crippen molar-refractivity contribution in [2.45, 2.75) is 48.1 Å². The molecule has 0 spiro atoms. The molecule has 0 atom stereocenters. The molecule has 4 rings (SSSR count). The Bertz CT molecular complexity index is 889. The fourth-order valence-electron chi connectivity index (χ4n) is 4.12. The molecule has 0 N–H and O–H groups in total. The van der Waals surface area contributed by atoms with Crippen LogP contribution >= 0.6 is 11.6 Å². The smallest absolute Gasteiger partial charge is 0.225 e. The van der Waals surface area contributed by atoms with Gasteiger partial charge in [0.2, 0.25) is 9.84 Å². The average molecular weight is 421 g/mol. The molecule has 1 aromatic heterocycles. The van der Waals surface area contributed by atoms with Gasteiger partial charge in [-0.25, -0.2) is 8.42 Å². The molecular weight excluding hydrogens is 396 g/mol. The molecule has 150 valence electrons. The lowest BCUT2D eigenvalue weighted by Gasteiger charge is -2.41. The second kappa shape index (κ2) is 8.35. The summed E-state index contributed by atoms with van der Waals surface area (Å²) in [5.74, 6) is 0.735. The van der Waals surface area contributed by atoms with Gasteiger partial charge in [0, 0.05) is 37.2 Å². The Balaban J connectivity index is 1.41. The topological polar surface area (TPSA) is 66.4 Å². The minimum Gasteiger partial charge on any atom is -0.353 e. The maximum absolute atomic E-state index is 12.7. The third-order valence-electron chi connectivity index (χ3n) is 5.75. The third kappa shape index (κ3) is 4.16. The molecule has 1 saturated heterocycles. The Morgan fingerprint density at radius 2 is 1.54 bits per heavy atom. The van der Waals surface area contributed by atoms with E-state index in [1.165, 1.54) is 44.2 Å². The van der Waals surface area contributed by atoms with Crippen LogP contribution in [-0.2, 0) is 9.84 Å². The molecule has 2 fully saturated rings. The number of nitrogens with zero attached hydrogens (tertiary/aromatic N) is 4. The number of anilines is 1. The molecule has 2 aliphatic rings. The Morgan fingerprint density at radius 1 is 0.857 bits per heavy atom. The van der Waals surface area contributed by atoms with Gasteiger partial charge in [0.15, 0.2) is 10.8 Å². The lowest BCUT2D eigenvalue weighted by atomic mass is 9.94. The highest BCUT2D eigenvalue weighted by Crippen LogP contribution is 2.25. The number of aromatic nitrogens is 2. The summed E-state index contributed by atoms with van der Waals surface area (Å²) in [6.07, 6.45) is 6.70. The van der Waals surface area contributed by atoms with E-state index in [0.717, 1.165) is 38.0 Å². The number of benzene rings is 1. The van der Waals surface area contributed by atoms with Crippen LogP contribution in [0.3, 0.4) is 0 Å². The van der Waals surface area contributed by atoms with Gasteiger partial charge in [-0.15, -0.1) is 10.2 Å². The Morgan fingerprint density at radius 3 is 2.14 bits per heavy atom. The molecule has 28 heavy (non-hydrogen) atoms. The van der Waals surface area contributed by atoms with Crippen LogP contribution in [0.2, 0.25) is 5.02 Å². The summed E-state index contributed by atoms with van der Waals surface area (Å²) in [6.45, 7) is 3.84. The zero-order valence-corrected chi connectivity index (χ0v) is 17.4. The Hall–Kier alpha value is -1.70. The zero-order chi connectivity index (χ0) is 19.6. The van der Waals surface area contributed by atoms with Gasteiger partial charge in [-0.2, -0.15) is 0 Å². The minimum atomic E-state index is -3.69. The van der Waals surface area contributed by atoms with Gasteiger partial charge >= 0.3 is 0 Å². The lowest BCUT2D eigenvalue weighted by Crippen LogP contribution is -2.51. The molecule has 0 amide bonds. The normalized spacial score (nSPS) is 19.7. The van der Waals surface area contributed by atoms with Gasteiger partial charge in [-0.1, -0.05) is 30.9 Å². The largest absolute Gasteiger partial charge is 0.353 e. The van der Waals surface area contributed by atoms with Crippen LogP contribution in [0.4, 0.5) is 5.82 Å². The highest BCUT2D eigenvalue weighted by molar-refractivity contribution is 7.91. The second-order valence-corrected chi connectivity index (χ2v) is 9.83. The van der Waals surface area contributed by atoms with Crippen LogP contribution < -0.4 is 4.90 Å². The summed E-state index contributed by atoms with van der Waals surface area (Å²) < 4.78 is 25.4. The number of piperazine rings is 1. The summed E-state index contributed by atoms with van der Waals surface area (Å²) in [7, 11) is -3.69. The maximum atomic E-state index is 12.7. The first-order valence-electron chi connectivity index (χ1n) is 9.87. The standard InChI is InChI=1S/C20H25ClN4O2S/c21-16-6-8-18(9-7-16)28(26,27)20-11-10-19(22-23-20)25-14-12-24(13-15-25)17-4-2-1-3-5-17/h6-11,17H,1-5,12-15H2. The van der Waals surface area contributed by atoms with E-state index < -0.39 is 9.84 Å². The molecule has 0 bridgehead atoms. The summed E-state index contributed by atoms with van der Waals surface area (Å²) >= 11 is 5.84. The maximum Gasteiger partial charge on any atom is 0.225 e. The predicted molar refractivity (Wildman–Crippen MR) is 110 cm³/mol. The second-order valence-electron chi connectivity index (χ2n) is 7.50. The van der Waals surface area contributed by atoms with Crippen LogP contribution in [-0.4, -0.2) is 55.7 Å². The minimum absolute atomic E-state index is 0.0422. The van der Waals surface area contributed by atoms with Gasteiger partial charge in [-0.05, 0) is 49.2 Å². The van der Waals surface area contributed by atoms with Crippen molar-refractivity contribution in [3.63, 3.8) is 0 Å². The van der Waals surface area contributed by atoms with E-state index >= 15 is 0 Å². The van der Waals surface area contributed by atoms with Gasteiger partial charge < -0.3 is 4.90 Å². The number of hydrogen-bond donors (Lipinski definition) is 0. The monoisotopic (exact) mass is 420 g/mol. The van der Waals surface area contributed by atoms with E-state index in [-0.39, 0.29) is 9.92 Å². The molecule has 0 radical (unpaired) electrons. The highest BCUT2D eigenvalue weighted by Gasteiger charge is 2.26. The molecule has 1 aromatic carbocycles. The van der Waals surface area contributed by atoms with Gasteiger partial charge in [0.25, 0.3) is 0 Å². The van der Waals surface area contributed by atoms with Crippen molar-refractivity contribution in [3.8, 4) is 0 Å². The Labute approximate surface area is 171 Å². The van der Waals surface area contributed by atoms with Crippen LogP contribution in [0.1, 0.15) is 32.1 Å². The van der Waals surface area contributed by atoms with Gasteiger partial charge in [-0.3, -0.25) is 4.90 Å². The first-order chi connectivity index (χ1) is 13.5. The van der Waals surface area contributed by atoms with E-state index in [1.54, 1.807) is 24.3 Å². The third-order valence-corrected chi connectivity index (χ3v) is 7.67. The quantitative estimate of drug-likeness (QED) is 0.755. The van der Waals surface area contributed by atoms with E-state index in [0.29, 0.717) is 5.02 Å². The molecule has 1 aliphatic carbocycles. The highest BCUT2D eigenvalue weighted by atomic mass is 35.5. The first-order valence-corrected chi connectivity index (χ1v) is 11.7. The summed E-state index contributed by atoms with van der Waals surface area (Å²) in [5, 5.41) is 8.66. The van der Waals surface area contributed by atoms with Crippen LogP contribution in [0.15, 0.2) is 46.3 Å². The van der Waals surface area contributed by atoms with Crippen LogP contribution in [0.5, 0.6) is 0 Å². The van der Waals surface area contributed by atoms with E-state index in [1.807, 2.05) is 0 Å². The number of rotatable bonds is 4. The van der Waals surface area contributed by atoms with Crippen molar-refractivity contribution in [2.24, 2.45) is 0 Å². The molecule has 8 heteroatoms. The number of sulfone groups is 1. The van der Waals surface area contributed by atoms with Crippen molar-refractivity contribution in [3.05, 3.63) is 41.4 Å². The van der Waals surface area contributed by atoms with E-state index in [4.69, 9.17) is 11.6 Å². The van der Waals surface area contributed by atoms with E-state index in [2.05, 4.69) is 20.0 Å². The van der Waals surface area contributed by atoms with Crippen LogP contribution in [0, 0.1) is 0 Å². The SMILES string of the molecule is O=S(=O)(c1ccc(Cl)cc1)c1ccc(N2CCN(C3CCCCC3)CC2)nn1. The first kappa shape index (κ1) is 19.6. The molecule has 2 heterocycles. The van der Waals surface area contributed by atoms with Crippen molar-refractivity contribution >= 4 is 27.3 Å². The molecule has 2 aromatic rings. The molecule has 0 unspecified atom stereocenters. The average Bonchev–Trinajstić information content (AvgIpc) is 2.75. The van der Waals surface area contributed by atoms with Gasteiger partial charge in [0.1, 0.15) is 0 Å². The Kier molecular flexibility index (Phi) is 5.85. The lowest BCUT2D eigenvalue weighted by molar-refractivity contribution is 0.147. The van der Waals surface area contributed by atoms with Crippen molar-refractivity contribution < 1.29 is 8.42 Å². The fourth-order valence-corrected chi connectivity index (χ4v) is 5.38. The predicted octanol–water partition coefficient (Wildman–Crippen LogP) is 3.42. The number of hydrogen-bond acceptors (Lipinski definition) is 6. The molecule has 1 saturated carbocycles. The number of halogens is 1. The summed E-state index contributed by atoms with van der Waals surface area (Å²) in [6, 6.07) is 10.1. The van der Waals surface area contributed by atoms with Crippen molar-refractivity contribution in [1.29, 1.82) is 0 Å². The zero-order valence-electron chi connectivity index (χ0n) is 15.8. The summed E-state index contributed by atoms with van der Waals surface area (Å²) in [4.78, 5) is 4.95. The van der Waals surface area contributed by atoms with Crippen molar-refractivity contribution in [1.82, 2.24) is 15.1 Å².